The van der Waals surface area contributed by atoms with Crippen LogP contribution in [0, 0.1) is 0 Å². The third kappa shape index (κ3) is 3.26. The van der Waals surface area contributed by atoms with E-state index in [1.165, 1.54) is 49.0 Å². The van der Waals surface area contributed by atoms with E-state index in [2.05, 4.69) is 43.0 Å². The highest BCUT2D eigenvalue weighted by molar-refractivity contribution is 7.99. The minimum absolute atomic E-state index is 0.232. The molecule has 0 spiro atoms. The van der Waals surface area contributed by atoms with Gasteiger partial charge in [-0.2, -0.15) is 11.8 Å². The van der Waals surface area contributed by atoms with Crippen molar-refractivity contribution in [3.63, 3.8) is 0 Å². The third-order valence-electron chi connectivity index (χ3n) is 3.58. The number of thioether (sulfide) groups is 1. The van der Waals surface area contributed by atoms with Crippen molar-refractivity contribution in [1.82, 2.24) is 0 Å². The average Bonchev–Trinajstić information content (AvgIpc) is 2.51. The first-order chi connectivity index (χ1) is 8.33. The zero-order chi connectivity index (χ0) is 12.1. The molecule has 94 valence electrons. The number of rotatable bonds is 4. The number of hydrogen-bond donors (Lipinski definition) is 1. The molecule has 0 aliphatic heterocycles. The normalized spacial score (nSPS) is 24.1. The highest BCUT2D eigenvalue weighted by atomic mass is 32.2. The van der Waals surface area contributed by atoms with Gasteiger partial charge in [0.15, 0.2) is 0 Å². The fourth-order valence-corrected chi connectivity index (χ4v) is 3.97. The molecular formula is C15H23NS. The minimum atomic E-state index is 0.232. The van der Waals surface area contributed by atoms with Crippen LogP contribution in [-0.4, -0.2) is 11.0 Å². The molecule has 2 heteroatoms. The maximum atomic E-state index is 6.45. The first-order valence-electron chi connectivity index (χ1n) is 6.78. The lowest BCUT2D eigenvalue weighted by Gasteiger charge is -2.22. The van der Waals surface area contributed by atoms with E-state index in [1.807, 2.05) is 0 Å². The number of benzene rings is 1. The predicted molar refractivity (Wildman–Crippen MR) is 77.5 cm³/mol. The molecule has 2 N–H and O–H groups in total. The summed E-state index contributed by atoms with van der Waals surface area (Å²) in [5.74, 6) is 1.26. The molecule has 0 amide bonds. The van der Waals surface area contributed by atoms with Gasteiger partial charge in [-0.3, -0.25) is 0 Å². The van der Waals surface area contributed by atoms with Crippen molar-refractivity contribution in [1.29, 1.82) is 0 Å². The second-order valence-electron chi connectivity index (χ2n) is 4.88. The van der Waals surface area contributed by atoms with Gasteiger partial charge in [0.05, 0.1) is 0 Å². The van der Waals surface area contributed by atoms with Crippen LogP contribution in [0.2, 0.25) is 0 Å². The maximum absolute atomic E-state index is 6.45. The summed E-state index contributed by atoms with van der Waals surface area (Å²) in [5, 5.41) is 0.616. The molecule has 0 radical (unpaired) electrons. The molecule has 1 aromatic carbocycles. The van der Waals surface area contributed by atoms with Crippen LogP contribution in [0.25, 0.3) is 0 Å². The number of fused-ring (bicyclic) bond motifs is 1. The first kappa shape index (κ1) is 13.0. The van der Waals surface area contributed by atoms with E-state index in [0.29, 0.717) is 5.25 Å². The van der Waals surface area contributed by atoms with E-state index < -0.39 is 0 Å². The fraction of sp³-hybridized carbons (Fsp3) is 0.600. The zero-order valence-corrected chi connectivity index (χ0v) is 11.5. The van der Waals surface area contributed by atoms with E-state index in [0.717, 1.165) is 0 Å². The summed E-state index contributed by atoms with van der Waals surface area (Å²) in [4.78, 5) is 0. The number of unbranched alkanes of at least 4 members (excludes halogenated alkanes) is 1. The Morgan fingerprint density at radius 3 is 3.00 bits per heavy atom. The summed E-state index contributed by atoms with van der Waals surface area (Å²) < 4.78 is 0. The Kier molecular flexibility index (Phi) is 4.93. The summed E-state index contributed by atoms with van der Waals surface area (Å²) in [6.07, 6.45) is 6.36. The van der Waals surface area contributed by atoms with E-state index in [-0.39, 0.29) is 6.04 Å². The van der Waals surface area contributed by atoms with Crippen molar-refractivity contribution in [3.8, 4) is 0 Å². The average molecular weight is 249 g/mol. The van der Waals surface area contributed by atoms with Crippen molar-refractivity contribution in [2.45, 2.75) is 50.3 Å². The molecule has 17 heavy (non-hydrogen) atoms. The van der Waals surface area contributed by atoms with Crippen LogP contribution in [0.15, 0.2) is 24.3 Å². The van der Waals surface area contributed by atoms with Crippen LogP contribution in [-0.2, 0) is 6.42 Å². The molecule has 0 fully saturated rings. The van der Waals surface area contributed by atoms with Gasteiger partial charge >= 0.3 is 0 Å². The molecule has 2 atom stereocenters. The van der Waals surface area contributed by atoms with Crippen LogP contribution in [0.1, 0.15) is 49.8 Å². The molecule has 0 heterocycles. The molecule has 2 rings (SSSR count). The van der Waals surface area contributed by atoms with Crippen molar-refractivity contribution < 1.29 is 0 Å². The quantitative estimate of drug-likeness (QED) is 0.646. The smallest absolute Gasteiger partial charge is 0.0418 e. The Balaban J connectivity index is 2.06. The van der Waals surface area contributed by atoms with Gasteiger partial charge in [-0.25, -0.2) is 0 Å². The second-order valence-corrected chi connectivity index (χ2v) is 6.23. The maximum Gasteiger partial charge on any atom is 0.0418 e. The van der Waals surface area contributed by atoms with Gasteiger partial charge in [0.1, 0.15) is 0 Å². The number of hydrogen-bond acceptors (Lipinski definition) is 2. The number of aryl methyl sites for hydroxylation is 1. The van der Waals surface area contributed by atoms with Gasteiger partial charge in [-0.1, -0.05) is 37.6 Å². The van der Waals surface area contributed by atoms with Crippen LogP contribution in [0.4, 0.5) is 0 Å². The molecule has 0 bridgehead atoms. The Labute approximate surface area is 109 Å². The van der Waals surface area contributed by atoms with E-state index in [1.54, 1.807) is 0 Å². The van der Waals surface area contributed by atoms with Crippen molar-refractivity contribution in [2.24, 2.45) is 5.73 Å². The molecule has 1 aromatic rings. The van der Waals surface area contributed by atoms with Crippen LogP contribution in [0.5, 0.6) is 0 Å². The van der Waals surface area contributed by atoms with Gasteiger partial charge in [0.25, 0.3) is 0 Å². The summed E-state index contributed by atoms with van der Waals surface area (Å²) in [5.41, 5.74) is 9.31. The molecule has 1 aliphatic carbocycles. The highest BCUT2D eigenvalue weighted by Crippen LogP contribution is 2.34. The monoisotopic (exact) mass is 249 g/mol. The molecule has 1 nitrogen and oxygen atoms in total. The second kappa shape index (κ2) is 6.46. The minimum Gasteiger partial charge on any atom is -0.323 e. The number of nitrogens with two attached hydrogens (primary N) is 1. The lowest BCUT2D eigenvalue weighted by molar-refractivity contribution is 0.631. The van der Waals surface area contributed by atoms with E-state index in [4.69, 9.17) is 5.73 Å². The van der Waals surface area contributed by atoms with Gasteiger partial charge in [0, 0.05) is 11.3 Å². The zero-order valence-electron chi connectivity index (χ0n) is 10.7. The molecular weight excluding hydrogens is 226 g/mol. The molecule has 0 saturated carbocycles. The molecule has 2 unspecified atom stereocenters. The topological polar surface area (TPSA) is 26.0 Å². The molecule has 1 aliphatic rings. The summed E-state index contributed by atoms with van der Waals surface area (Å²) in [6, 6.07) is 8.96. The van der Waals surface area contributed by atoms with Gasteiger partial charge in [-0.15, -0.1) is 0 Å². The fourth-order valence-electron chi connectivity index (χ4n) is 2.53. The van der Waals surface area contributed by atoms with E-state index in [9.17, 15) is 0 Å². The summed E-state index contributed by atoms with van der Waals surface area (Å²) in [6.45, 7) is 2.25. The lowest BCUT2D eigenvalue weighted by atomic mass is 10.00. The SMILES string of the molecule is CCCCSC1CCCc2ccccc2C1N. The molecule has 0 aromatic heterocycles. The lowest BCUT2D eigenvalue weighted by Crippen LogP contribution is -2.23. The first-order valence-corrected chi connectivity index (χ1v) is 7.82. The largest absolute Gasteiger partial charge is 0.323 e. The molecule has 0 saturated heterocycles. The Bertz CT molecular complexity index is 351. The van der Waals surface area contributed by atoms with Gasteiger partial charge in [0.2, 0.25) is 0 Å². The standard InChI is InChI=1S/C15H23NS/c1-2-3-11-17-14-10-6-8-12-7-4-5-9-13(12)15(14)16/h4-5,7,9,14-15H,2-3,6,8,10-11,16H2,1H3. The predicted octanol–water partition coefficient (Wildman–Crippen LogP) is 3.92. The Morgan fingerprint density at radius 2 is 2.18 bits per heavy atom. The third-order valence-corrected chi connectivity index (χ3v) is 5.06. The van der Waals surface area contributed by atoms with Crippen molar-refractivity contribution in [3.05, 3.63) is 35.4 Å². The van der Waals surface area contributed by atoms with Gasteiger partial charge < -0.3 is 5.73 Å². The van der Waals surface area contributed by atoms with Crippen molar-refractivity contribution >= 4 is 11.8 Å². The van der Waals surface area contributed by atoms with Gasteiger partial charge in [-0.05, 0) is 42.6 Å². The van der Waals surface area contributed by atoms with Crippen LogP contribution >= 0.6 is 11.8 Å². The highest BCUT2D eigenvalue weighted by Gasteiger charge is 2.24. The van der Waals surface area contributed by atoms with Crippen LogP contribution < -0.4 is 5.73 Å². The van der Waals surface area contributed by atoms with Crippen molar-refractivity contribution in [2.75, 3.05) is 5.75 Å². The van der Waals surface area contributed by atoms with E-state index >= 15 is 0 Å². The summed E-state index contributed by atoms with van der Waals surface area (Å²) >= 11 is 2.08. The Hall–Kier alpha value is -0.470. The summed E-state index contributed by atoms with van der Waals surface area (Å²) in [7, 11) is 0. The Morgan fingerprint density at radius 1 is 1.35 bits per heavy atom. The van der Waals surface area contributed by atoms with Crippen LogP contribution in [0.3, 0.4) is 0 Å².